The van der Waals surface area contributed by atoms with Gasteiger partial charge in [0.25, 0.3) is 0 Å². The highest BCUT2D eigenvalue weighted by Crippen LogP contribution is 2.32. The molecule has 0 saturated heterocycles. The Labute approximate surface area is 226 Å². The number of fused-ring (bicyclic) bond motifs is 1. The largest absolute Gasteiger partial charge is 0.573 e. The molecule has 5 rings (SSSR count). The van der Waals surface area contributed by atoms with Crippen LogP contribution < -0.4 is 20.3 Å². The van der Waals surface area contributed by atoms with Crippen LogP contribution in [0, 0.1) is 0 Å². The summed E-state index contributed by atoms with van der Waals surface area (Å²) in [6, 6.07) is 22.7. The van der Waals surface area contributed by atoms with Gasteiger partial charge < -0.3 is 20.3 Å². The van der Waals surface area contributed by atoms with Gasteiger partial charge in [-0.1, -0.05) is 54.6 Å². The Morgan fingerprint density at radius 2 is 1.54 bits per heavy atom. The first-order chi connectivity index (χ1) is 18.7. The number of rotatable bonds is 8. The number of aromatic nitrogens is 2. The highest BCUT2D eigenvalue weighted by molar-refractivity contribution is 5.90. The second-order valence-electron chi connectivity index (χ2n) is 10.1. The quantitative estimate of drug-likeness (QED) is 0.260. The van der Waals surface area contributed by atoms with Gasteiger partial charge in [-0.25, -0.2) is 4.98 Å². The van der Waals surface area contributed by atoms with Crippen molar-refractivity contribution in [2.24, 2.45) is 0 Å². The molecule has 1 heterocycles. The van der Waals surface area contributed by atoms with E-state index in [9.17, 15) is 13.2 Å². The smallest absolute Gasteiger partial charge is 0.405 e. The molecule has 3 aromatic carbocycles. The topological polar surface area (TPSA) is 62.3 Å². The monoisotopic (exact) mass is 535 g/mol. The molecule has 0 radical (unpaired) electrons. The normalized spacial score (nSPS) is 17.7. The highest BCUT2D eigenvalue weighted by Gasteiger charge is 2.32. The molecule has 1 aromatic heterocycles. The molecule has 6 nitrogen and oxygen atoms in total. The van der Waals surface area contributed by atoms with Gasteiger partial charge in [-0.15, -0.1) is 13.2 Å². The summed E-state index contributed by atoms with van der Waals surface area (Å²) in [5, 5.41) is 7.95. The summed E-state index contributed by atoms with van der Waals surface area (Å²) in [4.78, 5) is 11.4. The molecular weight excluding hydrogens is 503 g/mol. The lowest BCUT2D eigenvalue weighted by Gasteiger charge is -2.30. The number of nitrogens with one attached hydrogen (secondary N) is 2. The Hall–Kier alpha value is -3.85. The van der Waals surface area contributed by atoms with Crippen molar-refractivity contribution in [3.8, 4) is 16.9 Å². The minimum atomic E-state index is -4.76. The fourth-order valence-corrected chi connectivity index (χ4v) is 5.07. The van der Waals surface area contributed by atoms with Crippen molar-refractivity contribution in [2.75, 3.05) is 24.3 Å². The standard InChI is InChI=1S/C30H32F3N5O/c1-38(2)28-25-10-6-7-11-26(25)36-29(37-28)35-24-16-14-23(15-17-24)34-19-22-13-12-21(20-8-4-3-5-9-20)18-27(22)39-30(31,32)33/h3-13,18,23-24,34H,14-17,19H2,1-2H3,(H,35,36,37)/t23-,24+. The van der Waals surface area contributed by atoms with Crippen molar-refractivity contribution in [3.63, 3.8) is 0 Å². The van der Waals surface area contributed by atoms with Gasteiger partial charge >= 0.3 is 6.36 Å². The number of hydrogen-bond acceptors (Lipinski definition) is 6. The molecule has 0 aliphatic heterocycles. The number of para-hydroxylation sites is 1. The van der Waals surface area contributed by atoms with E-state index in [1.165, 1.54) is 6.07 Å². The molecule has 4 aromatic rings. The van der Waals surface area contributed by atoms with E-state index in [-0.39, 0.29) is 17.8 Å². The third-order valence-electron chi connectivity index (χ3n) is 7.05. The van der Waals surface area contributed by atoms with Crippen LogP contribution in [-0.4, -0.2) is 42.5 Å². The highest BCUT2D eigenvalue weighted by atomic mass is 19.4. The van der Waals surface area contributed by atoms with Crippen LogP contribution >= 0.6 is 0 Å². The van der Waals surface area contributed by atoms with E-state index in [0.29, 0.717) is 23.6 Å². The van der Waals surface area contributed by atoms with E-state index in [4.69, 9.17) is 9.97 Å². The van der Waals surface area contributed by atoms with Crippen molar-refractivity contribution in [2.45, 2.75) is 50.7 Å². The van der Waals surface area contributed by atoms with Crippen LogP contribution in [0.2, 0.25) is 0 Å². The Bertz CT molecular complexity index is 1400. The van der Waals surface area contributed by atoms with E-state index in [2.05, 4.69) is 15.4 Å². The second kappa shape index (κ2) is 11.5. The molecule has 39 heavy (non-hydrogen) atoms. The summed E-state index contributed by atoms with van der Waals surface area (Å²) in [6.07, 6.45) is -1.16. The summed E-state index contributed by atoms with van der Waals surface area (Å²) >= 11 is 0. The van der Waals surface area contributed by atoms with E-state index in [1.807, 2.05) is 79.7 Å². The summed E-state index contributed by atoms with van der Waals surface area (Å²) in [6.45, 7) is 0.295. The van der Waals surface area contributed by atoms with Gasteiger partial charge in [0.15, 0.2) is 0 Å². The zero-order valence-corrected chi connectivity index (χ0v) is 22.0. The molecule has 0 amide bonds. The molecule has 204 valence electrons. The van der Waals surface area contributed by atoms with Crippen LogP contribution in [0.3, 0.4) is 0 Å². The van der Waals surface area contributed by atoms with Gasteiger partial charge in [-0.2, -0.15) is 4.98 Å². The average molecular weight is 536 g/mol. The Balaban J connectivity index is 1.21. The van der Waals surface area contributed by atoms with Crippen LogP contribution in [-0.2, 0) is 6.54 Å². The minimum Gasteiger partial charge on any atom is -0.405 e. The molecule has 0 atom stereocenters. The molecule has 0 bridgehead atoms. The van der Waals surface area contributed by atoms with Gasteiger partial charge in [0.1, 0.15) is 11.6 Å². The van der Waals surface area contributed by atoms with Crippen molar-refractivity contribution in [1.82, 2.24) is 15.3 Å². The van der Waals surface area contributed by atoms with Crippen molar-refractivity contribution < 1.29 is 17.9 Å². The minimum absolute atomic E-state index is 0.170. The van der Waals surface area contributed by atoms with Gasteiger partial charge in [0.2, 0.25) is 5.95 Å². The van der Waals surface area contributed by atoms with Gasteiger partial charge in [0, 0.05) is 43.7 Å². The SMILES string of the molecule is CN(C)c1nc(N[C@H]2CC[C@@H](NCc3ccc(-c4ccccc4)cc3OC(F)(F)F)CC2)nc2ccccc12. The van der Waals surface area contributed by atoms with Crippen LogP contribution in [0.15, 0.2) is 72.8 Å². The Morgan fingerprint density at radius 3 is 2.26 bits per heavy atom. The van der Waals surface area contributed by atoms with Crippen LogP contribution in [0.4, 0.5) is 24.9 Å². The molecule has 1 aliphatic carbocycles. The molecule has 0 unspecified atom stereocenters. The number of nitrogens with zero attached hydrogens (tertiary/aromatic N) is 3. The number of hydrogen-bond donors (Lipinski definition) is 2. The van der Waals surface area contributed by atoms with Crippen LogP contribution in [0.1, 0.15) is 31.2 Å². The number of anilines is 2. The third-order valence-corrected chi connectivity index (χ3v) is 7.05. The molecular formula is C30H32F3N5O. The average Bonchev–Trinajstić information content (AvgIpc) is 2.92. The number of halogens is 3. The van der Waals surface area contributed by atoms with Gasteiger partial charge in [0.05, 0.1) is 5.52 Å². The Morgan fingerprint density at radius 1 is 0.846 bits per heavy atom. The molecule has 2 N–H and O–H groups in total. The third kappa shape index (κ3) is 6.78. The van der Waals surface area contributed by atoms with Crippen LogP contribution in [0.5, 0.6) is 5.75 Å². The first-order valence-electron chi connectivity index (χ1n) is 13.1. The molecule has 1 fully saturated rings. The van der Waals surface area contributed by atoms with Crippen molar-refractivity contribution in [1.29, 1.82) is 0 Å². The molecule has 0 spiro atoms. The predicted molar refractivity (Wildman–Crippen MR) is 149 cm³/mol. The summed E-state index contributed by atoms with van der Waals surface area (Å²) < 4.78 is 43.9. The van der Waals surface area contributed by atoms with Crippen molar-refractivity contribution >= 4 is 22.7 Å². The van der Waals surface area contributed by atoms with Gasteiger partial charge in [-0.3, -0.25) is 0 Å². The summed E-state index contributed by atoms with van der Waals surface area (Å²) in [5.74, 6) is 1.31. The second-order valence-corrected chi connectivity index (χ2v) is 10.1. The fourth-order valence-electron chi connectivity index (χ4n) is 5.07. The zero-order valence-electron chi connectivity index (χ0n) is 22.0. The lowest BCUT2D eigenvalue weighted by atomic mass is 9.91. The van der Waals surface area contributed by atoms with Crippen molar-refractivity contribution in [3.05, 3.63) is 78.4 Å². The maximum atomic E-state index is 13.2. The number of alkyl halides is 3. The van der Waals surface area contributed by atoms with E-state index in [0.717, 1.165) is 48.0 Å². The predicted octanol–water partition coefficient (Wildman–Crippen LogP) is 6.77. The maximum absolute atomic E-state index is 13.2. The number of ether oxygens (including phenoxy) is 1. The first kappa shape index (κ1) is 26.7. The fraction of sp³-hybridized carbons (Fsp3) is 0.333. The van der Waals surface area contributed by atoms with E-state index in [1.54, 1.807) is 6.07 Å². The molecule has 1 saturated carbocycles. The summed E-state index contributed by atoms with van der Waals surface area (Å²) in [5.41, 5.74) is 2.89. The van der Waals surface area contributed by atoms with Gasteiger partial charge in [-0.05, 0) is 55.0 Å². The summed E-state index contributed by atoms with van der Waals surface area (Å²) in [7, 11) is 3.94. The van der Waals surface area contributed by atoms with E-state index < -0.39 is 6.36 Å². The molecule has 1 aliphatic rings. The maximum Gasteiger partial charge on any atom is 0.573 e. The molecule has 9 heteroatoms. The van der Waals surface area contributed by atoms with E-state index >= 15 is 0 Å². The lowest BCUT2D eigenvalue weighted by Crippen LogP contribution is -2.37. The zero-order chi connectivity index (χ0) is 27.4. The first-order valence-corrected chi connectivity index (χ1v) is 13.1. The number of benzene rings is 3. The lowest BCUT2D eigenvalue weighted by molar-refractivity contribution is -0.274. The Kier molecular flexibility index (Phi) is 7.88. The van der Waals surface area contributed by atoms with Crippen LogP contribution in [0.25, 0.3) is 22.0 Å².